The molecule has 0 saturated carbocycles. The Morgan fingerprint density at radius 2 is 1.38 bits per heavy atom. The fourth-order valence-corrected chi connectivity index (χ4v) is 7.63. The number of fused-ring (bicyclic) bond motifs is 2. The van der Waals surface area contributed by atoms with Crippen LogP contribution < -0.4 is 9.04 Å². The summed E-state index contributed by atoms with van der Waals surface area (Å²) < 4.78 is 42.2. The second-order valence-corrected chi connectivity index (χ2v) is 12.1. The Morgan fingerprint density at radius 1 is 0.800 bits per heavy atom. The molecule has 40 heavy (non-hydrogen) atoms. The number of nitrogens with zero attached hydrogens (tertiary/aromatic N) is 1. The van der Waals surface area contributed by atoms with Crippen molar-refractivity contribution < 1.29 is 28.1 Å². The number of methoxy groups -OCH3 is 1. The van der Waals surface area contributed by atoms with Crippen LogP contribution in [-0.4, -0.2) is 43.2 Å². The second-order valence-electron chi connectivity index (χ2n) is 9.98. The van der Waals surface area contributed by atoms with Gasteiger partial charge in [0.2, 0.25) is 10.0 Å². The number of hydrogen-bond donors (Lipinski definition) is 2. The van der Waals surface area contributed by atoms with Crippen LogP contribution in [0.5, 0.6) is 17.2 Å². The van der Waals surface area contributed by atoms with E-state index in [2.05, 4.69) is 0 Å². The molecule has 204 valence electrons. The van der Waals surface area contributed by atoms with Crippen molar-refractivity contribution in [1.29, 1.82) is 0 Å². The van der Waals surface area contributed by atoms with Gasteiger partial charge in [0, 0.05) is 0 Å². The molecule has 0 spiro atoms. The van der Waals surface area contributed by atoms with E-state index >= 15 is 0 Å². The zero-order chi connectivity index (χ0) is 27.9. The van der Waals surface area contributed by atoms with Gasteiger partial charge in [0.1, 0.15) is 28.6 Å². The van der Waals surface area contributed by atoms with E-state index in [0.717, 1.165) is 27.8 Å². The number of aromatic hydroxyl groups is 2. The van der Waals surface area contributed by atoms with Crippen LogP contribution in [-0.2, 0) is 21.3 Å². The van der Waals surface area contributed by atoms with Crippen LogP contribution >= 0.6 is 0 Å². The Morgan fingerprint density at radius 3 is 1.95 bits per heavy atom. The highest BCUT2D eigenvalue weighted by Gasteiger charge is 2.54. The topological polar surface area (TPSA) is 96.3 Å². The van der Waals surface area contributed by atoms with Gasteiger partial charge in [-0.3, -0.25) is 4.31 Å². The largest absolute Gasteiger partial charge is 0.508 e. The molecule has 0 amide bonds. The van der Waals surface area contributed by atoms with Gasteiger partial charge in [-0.1, -0.05) is 54.6 Å². The van der Waals surface area contributed by atoms with Gasteiger partial charge in [0.25, 0.3) is 0 Å². The van der Waals surface area contributed by atoms with Gasteiger partial charge in [0.05, 0.1) is 25.4 Å². The van der Waals surface area contributed by atoms with Crippen LogP contribution in [0.15, 0.2) is 103 Å². The van der Waals surface area contributed by atoms with Gasteiger partial charge in [-0.05, 0) is 82.8 Å². The zero-order valence-electron chi connectivity index (χ0n) is 21.8. The molecule has 2 aliphatic heterocycles. The standard InChI is InChI=1S/C32H29NO6S/c1-38-27-17-11-24(12-18-27)33(20-21-5-3-2-4-6-21)40(36,37)29-19-28-30(22-7-13-25(34)14-8-22)31(32(29)39-28)23-9-15-26(35)16-10-23/h2-18,28-29,32,34-35H,19-20H2,1H3. The molecule has 7 nitrogen and oxygen atoms in total. The lowest BCUT2D eigenvalue weighted by molar-refractivity contribution is 0.128. The predicted molar refractivity (Wildman–Crippen MR) is 155 cm³/mol. The summed E-state index contributed by atoms with van der Waals surface area (Å²) in [5.41, 5.74) is 4.74. The molecule has 1 saturated heterocycles. The van der Waals surface area contributed by atoms with Crippen molar-refractivity contribution in [2.24, 2.45) is 0 Å². The zero-order valence-corrected chi connectivity index (χ0v) is 22.7. The van der Waals surface area contributed by atoms with Gasteiger partial charge in [-0.2, -0.15) is 0 Å². The molecule has 4 aromatic rings. The van der Waals surface area contributed by atoms with E-state index < -0.39 is 27.5 Å². The maximum absolute atomic E-state index is 14.5. The number of phenolic OH excluding ortho intramolecular Hbond substituents is 2. The quantitative estimate of drug-likeness (QED) is 0.294. The molecule has 0 aromatic heterocycles. The first-order chi connectivity index (χ1) is 19.3. The van der Waals surface area contributed by atoms with E-state index in [1.54, 1.807) is 67.8 Å². The first-order valence-electron chi connectivity index (χ1n) is 13.0. The molecule has 2 aliphatic rings. The molecule has 3 atom stereocenters. The molecule has 1 fully saturated rings. The average Bonchev–Trinajstić information content (AvgIpc) is 3.57. The van der Waals surface area contributed by atoms with Crippen LogP contribution in [0.4, 0.5) is 5.69 Å². The maximum atomic E-state index is 14.5. The minimum atomic E-state index is -3.92. The Hall–Kier alpha value is -4.27. The number of rotatable bonds is 8. The molecule has 4 aromatic carbocycles. The van der Waals surface area contributed by atoms with Crippen molar-refractivity contribution >= 4 is 26.9 Å². The Labute approximate surface area is 233 Å². The first-order valence-corrected chi connectivity index (χ1v) is 14.5. The Kier molecular flexibility index (Phi) is 6.73. The van der Waals surface area contributed by atoms with Gasteiger partial charge >= 0.3 is 0 Å². The number of benzene rings is 4. The van der Waals surface area contributed by atoms with E-state index in [0.29, 0.717) is 17.9 Å². The fourth-order valence-electron chi connectivity index (χ4n) is 5.63. The van der Waals surface area contributed by atoms with Gasteiger partial charge in [0.15, 0.2) is 0 Å². The summed E-state index contributed by atoms with van der Waals surface area (Å²) in [4.78, 5) is 0. The lowest BCUT2D eigenvalue weighted by Gasteiger charge is -2.32. The highest BCUT2D eigenvalue weighted by Crippen LogP contribution is 2.51. The smallest absolute Gasteiger partial charge is 0.241 e. The van der Waals surface area contributed by atoms with Crippen LogP contribution in [0.3, 0.4) is 0 Å². The summed E-state index contributed by atoms with van der Waals surface area (Å²) in [5.74, 6) is 0.911. The summed E-state index contributed by atoms with van der Waals surface area (Å²) in [7, 11) is -2.35. The van der Waals surface area contributed by atoms with Gasteiger partial charge < -0.3 is 19.7 Å². The number of phenols is 2. The second kappa shape index (κ2) is 10.4. The van der Waals surface area contributed by atoms with Crippen molar-refractivity contribution in [1.82, 2.24) is 0 Å². The predicted octanol–water partition coefficient (Wildman–Crippen LogP) is 5.59. The van der Waals surface area contributed by atoms with Gasteiger partial charge in [-0.15, -0.1) is 0 Å². The van der Waals surface area contributed by atoms with E-state index in [-0.39, 0.29) is 18.0 Å². The van der Waals surface area contributed by atoms with E-state index in [4.69, 9.17) is 9.47 Å². The van der Waals surface area contributed by atoms with Crippen LogP contribution in [0.25, 0.3) is 11.1 Å². The van der Waals surface area contributed by atoms with E-state index in [9.17, 15) is 18.6 Å². The summed E-state index contributed by atoms with van der Waals surface area (Å²) in [5, 5.41) is 18.9. The molecule has 2 bridgehead atoms. The van der Waals surface area contributed by atoms with Crippen molar-refractivity contribution in [2.45, 2.75) is 30.4 Å². The highest BCUT2D eigenvalue weighted by atomic mass is 32.2. The molecule has 6 rings (SSSR count). The summed E-state index contributed by atoms with van der Waals surface area (Å²) >= 11 is 0. The number of hydrogen-bond acceptors (Lipinski definition) is 6. The number of ether oxygens (including phenoxy) is 2. The molecular weight excluding hydrogens is 526 g/mol. The molecule has 2 N–H and O–H groups in total. The Balaban J connectivity index is 1.44. The van der Waals surface area contributed by atoms with Crippen molar-refractivity contribution in [3.8, 4) is 17.2 Å². The van der Waals surface area contributed by atoms with Crippen LogP contribution in [0.1, 0.15) is 23.1 Å². The summed E-state index contributed by atoms with van der Waals surface area (Å²) in [6.45, 7) is 0.173. The molecule has 0 radical (unpaired) electrons. The molecule has 8 heteroatoms. The lowest BCUT2D eigenvalue weighted by atomic mass is 9.83. The SMILES string of the molecule is COc1ccc(N(Cc2ccccc2)S(=O)(=O)C2CC3OC2C(c2ccc(O)cc2)=C3c2ccc(O)cc2)cc1. The summed E-state index contributed by atoms with van der Waals surface area (Å²) in [6.07, 6.45) is -0.848. The lowest BCUT2D eigenvalue weighted by Crippen LogP contribution is -2.43. The molecular formula is C32H29NO6S. The van der Waals surface area contributed by atoms with Gasteiger partial charge in [-0.25, -0.2) is 8.42 Å². The molecule has 2 heterocycles. The molecule has 0 aliphatic carbocycles. The normalized spacial score (nSPS) is 20.1. The average molecular weight is 556 g/mol. The minimum Gasteiger partial charge on any atom is -0.508 e. The first kappa shape index (κ1) is 26.0. The van der Waals surface area contributed by atoms with Crippen LogP contribution in [0, 0.1) is 0 Å². The number of anilines is 1. The number of sulfonamides is 1. The van der Waals surface area contributed by atoms with Crippen molar-refractivity contribution in [3.05, 3.63) is 120 Å². The van der Waals surface area contributed by atoms with E-state index in [1.165, 1.54) is 4.31 Å². The highest BCUT2D eigenvalue weighted by molar-refractivity contribution is 7.93. The summed E-state index contributed by atoms with van der Waals surface area (Å²) in [6, 6.07) is 30.1. The maximum Gasteiger partial charge on any atom is 0.241 e. The third kappa shape index (κ3) is 4.69. The Bertz CT molecular complexity index is 1630. The monoisotopic (exact) mass is 555 g/mol. The van der Waals surface area contributed by atoms with Crippen molar-refractivity contribution in [2.75, 3.05) is 11.4 Å². The third-order valence-corrected chi connectivity index (χ3v) is 9.73. The fraction of sp³-hybridized carbons (Fsp3) is 0.188. The minimum absolute atomic E-state index is 0.123. The molecule has 3 unspecified atom stereocenters. The third-order valence-electron chi connectivity index (χ3n) is 7.57. The van der Waals surface area contributed by atoms with Crippen LogP contribution in [0.2, 0.25) is 0 Å². The van der Waals surface area contributed by atoms with Crippen molar-refractivity contribution in [3.63, 3.8) is 0 Å². The van der Waals surface area contributed by atoms with E-state index in [1.807, 2.05) is 42.5 Å².